The lowest BCUT2D eigenvalue weighted by Gasteiger charge is -2.20. The summed E-state index contributed by atoms with van der Waals surface area (Å²) in [6.45, 7) is 1.95. The van der Waals surface area contributed by atoms with Crippen LogP contribution in [0, 0.1) is 11.3 Å². The van der Waals surface area contributed by atoms with Crippen molar-refractivity contribution >= 4 is 5.69 Å². The second kappa shape index (κ2) is 6.43. The highest BCUT2D eigenvalue weighted by molar-refractivity contribution is 5.48. The van der Waals surface area contributed by atoms with E-state index >= 15 is 0 Å². The Hall–Kier alpha value is -2.31. The highest BCUT2D eigenvalue weighted by Gasteiger charge is 2.17. The molecule has 1 aliphatic heterocycles. The molecule has 3 nitrogen and oxygen atoms in total. The predicted molar refractivity (Wildman–Crippen MR) is 84.9 cm³/mol. The molecule has 0 aromatic heterocycles. The van der Waals surface area contributed by atoms with Crippen molar-refractivity contribution in [1.82, 2.24) is 5.32 Å². The summed E-state index contributed by atoms with van der Waals surface area (Å²) in [6, 6.07) is 19.3. The molecule has 0 amide bonds. The molecule has 0 saturated carbocycles. The molecule has 1 unspecified atom stereocenters. The van der Waals surface area contributed by atoms with E-state index in [2.05, 4.69) is 53.1 Å². The minimum absolute atomic E-state index is 0.331. The minimum atomic E-state index is 0.331. The summed E-state index contributed by atoms with van der Waals surface area (Å²) in [6.07, 6.45) is 1.54. The summed E-state index contributed by atoms with van der Waals surface area (Å²) in [5.74, 6) is 0. The molecule has 2 N–H and O–H groups in total. The molecule has 0 aliphatic carbocycles. The van der Waals surface area contributed by atoms with Gasteiger partial charge in [-0.3, -0.25) is 0 Å². The van der Waals surface area contributed by atoms with Gasteiger partial charge in [0.15, 0.2) is 0 Å². The summed E-state index contributed by atoms with van der Waals surface area (Å²) >= 11 is 0. The van der Waals surface area contributed by atoms with Gasteiger partial charge in [-0.2, -0.15) is 5.26 Å². The van der Waals surface area contributed by atoms with Crippen LogP contribution in [0.2, 0.25) is 0 Å². The molecule has 1 atom stereocenters. The van der Waals surface area contributed by atoms with E-state index in [1.165, 1.54) is 11.1 Å². The molecule has 1 aliphatic rings. The van der Waals surface area contributed by atoms with Gasteiger partial charge < -0.3 is 10.6 Å². The van der Waals surface area contributed by atoms with E-state index in [4.69, 9.17) is 5.26 Å². The third kappa shape index (κ3) is 3.24. The average Bonchev–Trinajstić information content (AvgIpc) is 2.72. The summed E-state index contributed by atoms with van der Waals surface area (Å²) in [4.78, 5) is 0. The van der Waals surface area contributed by atoms with Gasteiger partial charge in [0.25, 0.3) is 0 Å². The second-order valence-corrected chi connectivity index (χ2v) is 5.39. The molecule has 21 heavy (non-hydrogen) atoms. The fourth-order valence-corrected chi connectivity index (χ4v) is 2.82. The zero-order valence-electron chi connectivity index (χ0n) is 12.0. The summed E-state index contributed by atoms with van der Waals surface area (Å²) < 4.78 is 0. The molecule has 0 radical (unpaired) electrons. The lowest BCUT2D eigenvalue weighted by molar-refractivity contribution is 0.637. The second-order valence-electron chi connectivity index (χ2n) is 5.39. The number of nitrogens with one attached hydrogen (secondary N) is 2. The first-order valence-corrected chi connectivity index (χ1v) is 7.38. The average molecular weight is 277 g/mol. The maximum Gasteiger partial charge on any atom is 0.0669 e. The smallest absolute Gasteiger partial charge is 0.0669 e. The molecule has 1 heterocycles. The van der Waals surface area contributed by atoms with Crippen LogP contribution in [0.3, 0.4) is 0 Å². The number of anilines is 1. The van der Waals surface area contributed by atoms with Gasteiger partial charge in [0.05, 0.1) is 18.5 Å². The molecular weight excluding hydrogens is 258 g/mol. The molecule has 2 aromatic rings. The number of fused-ring (bicyclic) bond motifs is 1. The molecule has 3 rings (SSSR count). The highest BCUT2D eigenvalue weighted by atomic mass is 14.9. The molecule has 3 heteroatoms. The fraction of sp³-hybridized carbons (Fsp3) is 0.278. The lowest BCUT2D eigenvalue weighted by atomic mass is 9.99. The van der Waals surface area contributed by atoms with Gasteiger partial charge in [-0.15, -0.1) is 0 Å². The van der Waals surface area contributed by atoms with Crippen LogP contribution in [0.15, 0.2) is 48.5 Å². The van der Waals surface area contributed by atoms with E-state index in [-0.39, 0.29) is 0 Å². The van der Waals surface area contributed by atoms with Crippen molar-refractivity contribution in [3.05, 3.63) is 65.2 Å². The maximum absolute atomic E-state index is 8.72. The van der Waals surface area contributed by atoms with E-state index in [0.29, 0.717) is 12.5 Å². The molecule has 0 bridgehead atoms. The van der Waals surface area contributed by atoms with Gasteiger partial charge in [0.1, 0.15) is 0 Å². The molecular formula is C18H19N3. The zero-order chi connectivity index (χ0) is 14.5. The number of rotatable bonds is 3. The first-order valence-electron chi connectivity index (χ1n) is 7.38. The monoisotopic (exact) mass is 277 g/mol. The number of nitriles is 1. The van der Waals surface area contributed by atoms with Crippen molar-refractivity contribution in [3.8, 4) is 6.07 Å². The topological polar surface area (TPSA) is 47.9 Å². The van der Waals surface area contributed by atoms with Crippen molar-refractivity contribution in [1.29, 1.82) is 5.26 Å². The Kier molecular flexibility index (Phi) is 4.18. The minimum Gasteiger partial charge on any atom is -0.378 e. The van der Waals surface area contributed by atoms with Gasteiger partial charge >= 0.3 is 0 Å². The highest BCUT2D eigenvalue weighted by Crippen LogP contribution is 2.27. The number of hydrogen-bond acceptors (Lipinski definition) is 3. The third-order valence-electron chi connectivity index (χ3n) is 3.93. The Morgan fingerprint density at radius 3 is 2.76 bits per heavy atom. The third-order valence-corrected chi connectivity index (χ3v) is 3.93. The van der Waals surface area contributed by atoms with Crippen LogP contribution >= 0.6 is 0 Å². The Morgan fingerprint density at radius 2 is 1.95 bits per heavy atom. The van der Waals surface area contributed by atoms with Gasteiger partial charge in [-0.25, -0.2) is 0 Å². The summed E-state index contributed by atoms with van der Waals surface area (Å²) in [5.41, 5.74) is 4.92. The summed E-state index contributed by atoms with van der Waals surface area (Å²) in [7, 11) is 0. The normalized spacial score (nSPS) is 17.4. The van der Waals surface area contributed by atoms with Crippen molar-refractivity contribution < 1.29 is 0 Å². The fourth-order valence-electron chi connectivity index (χ4n) is 2.82. The quantitative estimate of drug-likeness (QED) is 0.904. The van der Waals surface area contributed by atoms with E-state index < -0.39 is 0 Å². The Morgan fingerprint density at radius 1 is 1.14 bits per heavy atom. The molecule has 0 saturated heterocycles. The first-order chi connectivity index (χ1) is 10.4. The molecule has 0 fully saturated rings. The van der Waals surface area contributed by atoms with E-state index in [1.807, 2.05) is 12.1 Å². The maximum atomic E-state index is 8.72. The predicted octanol–water partition coefficient (Wildman–Crippen LogP) is 3.40. The van der Waals surface area contributed by atoms with E-state index in [9.17, 15) is 0 Å². The molecule has 106 valence electrons. The van der Waals surface area contributed by atoms with Crippen LogP contribution in [0.1, 0.15) is 29.2 Å². The Bertz CT molecular complexity index is 640. The van der Waals surface area contributed by atoms with Crippen LogP contribution in [0.25, 0.3) is 0 Å². The SMILES string of the molecule is N#CCc1ccc(NC2CCNCc3ccccc32)cc1. The number of nitrogens with zero attached hydrogens (tertiary/aromatic N) is 1. The molecule has 2 aromatic carbocycles. The Labute approximate surface area is 125 Å². The zero-order valence-corrected chi connectivity index (χ0v) is 12.0. The van der Waals surface area contributed by atoms with Crippen LogP contribution in [-0.4, -0.2) is 6.54 Å². The number of benzene rings is 2. The van der Waals surface area contributed by atoms with Crippen molar-refractivity contribution in [2.75, 3.05) is 11.9 Å². The van der Waals surface area contributed by atoms with Crippen molar-refractivity contribution in [2.45, 2.75) is 25.4 Å². The van der Waals surface area contributed by atoms with Crippen LogP contribution < -0.4 is 10.6 Å². The summed E-state index contributed by atoms with van der Waals surface area (Å²) in [5, 5.41) is 15.8. The van der Waals surface area contributed by atoms with Gasteiger partial charge in [-0.05, 0) is 41.8 Å². The number of hydrogen-bond donors (Lipinski definition) is 2. The van der Waals surface area contributed by atoms with Gasteiger partial charge in [0.2, 0.25) is 0 Å². The van der Waals surface area contributed by atoms with E-state index in [1.54, 1.807) is 0 Å². The van der Waals surface area contributed by atoms with Gasteiger partial charge in [-0.1, -0.05) is 36.4 Å². The Balaban J connectivity index is 1.79. The van der Waals surface area contributed by atoms with Crippen molar-refractivity contribution in [3.63, 3.8) is 0 Å². The first kappa shape index (κ1) is 13.7. The largest absolute Gasteiger partial charge is 0.378 e. The van der Waals surface area contributed by atoms with E-state index in [0.717, 1.165) is 30.8 Å². The standard InChI is InChI=1S/C18H19N3/c19-11-9-14-5-7-16(8-6-14)21-18-10-12-20-13-15-3-1-2-4-17(15)18/h1-8,18,20-21H,9-10,12-13H2. The van der Waals surface area contributed by atoms with Crippen molar-refractivity contribution in [2.24, 2.45) is 0 Å². The van der Waals surface area contributed by atoms with Crippen LogP contribution in [0.4, 0.5) is 5.69 Å². The van der Waals surface area contributed by atoms with Gasteiger partial charge in [0, 0.05) is 12.2 Å². The lowest BCUT2D eigenvalue weighted by Crippen LogP contribution is -2.15. The van der Waals surface area contributed by atoms with Crippen LogP contribution in [-0.2, 0) is 13.0 Å². The molecule has 0 spiro atoms. The van der Waals surface area contributed by atoms with Crippen LogP contribution in [0.5, 0.6) is 0 Å².